The van der Waals surface area contributed by atoms with E-state index < -0.39 is 0 Å². The van der Waals surface area contributed by atoms with Crippen molar-refractivity contribution in [3.63, 3.8) is 0 Å². The second-order valence-corrected chi connectivity index (χ2v) is 7.63. The van der Waals surface area contributed by atoms with Gasteiger partial charge in [-0.15, -0.1) is 0 Å². The van der Waals surface area contributed by atoms with Gasteiger partial charge in [0.15, 0.2) is 0 Å². The molecule has 21 heavy (non-hydrogen) atoms. The fraction of sp³-hybridized carbons (Fsp3) is 0.684. The van der Waals surface area contributed by atoms with Crippen molar-refractivity contribution in [2.75, 3.05) is 14.2 Å². The molecular weight excluding hydrogens is 258 g/mol. The molecule has 0 heterocycles. The van der Waals surface area contributed by atoms with Crippen molar-refractivity contribution in [2.24, 2.45) is 11.3 Å². The lowest BCUT2D eigenvalue weighted by Crippen LogP contribution is -2.22. The minimum absolute atomic E-state index is 0.391. The highest BCUT2D eigenvalue weighted by Crippen LogP contribution is 2.33. The molecule has 0 fully saturated rings. The van der Waals surface area contributed by atoms with E-state index in [-0.39, 0.29) is 0 Å². The predicted molar refractivity (Wildman–Crippen MR) is 92.1 cm³/mol. The summed E-state index contributed by atoms with van der Waals surface area (Å²) in [5.41, 5.74) is 4.31. The van der Waals surface area contributed by atoms with Crippen LogP contribution >= 0.6 is 0 Å². The summed E-state index contributed by atoms with van der Waals surface area (Å²) in [5, 5.41) is 3.50. The lowest BCUT2D eigenvalue weighted by molar-refractivity contribution is 0.278. The van der Waals surface area contributed by atoms with Gasteiger partial charge in [-0.3, -0.25) is 0 Å². The summed E-state index contributed by atoms with van der Waals surface area (Å²) in [6.45, 7) is 13.6. The third-order valence-corrected chi connectivity index (χ3v) is 4.11. The molecule has 1 aromatic rings. The van der Waals surface area contributed by atoms with E-state index in [2.05, 4.69) is 66.0 Å². The molecule has 2 atom stereocenters. The second-order valence-electron chi connectivity index (χ2n) is 7.63. The fourth-order valence-corrected chi connectivity index (χ4v) is 3.34. The van der Waals surface area contributed by atoms with Crippen molar-refractivity contribution < 1.29 is 4.74 Å². The Morgan fingerprint density at radius 1 is 1.14 bits per heavy atom. The standard InChI is InChI=1S/C19H33NO/c1-13(12-19(4,5)6)9-17(20-7)16-10-15(3)18(21-8)11-14(16)2/h10-11,13,17,20H,9,12H2,1-8H3. The van der Waals surface area contributed by atoms with E-state index in [4.69, 9.17) is 4.74 Å². The van der Waals surface area contributed by atoms with Crippen molar-refractivity contribution in [2.45, 2.75) is 60.4 Å². The van der Waals surface area contributed by atoms with Gasteiger partial charge < -0.3 is 10.1 Å². The Balaban J connectivity index is 2.93. The van der Waals surface area contributed by atoms with Gasteiger partial charge in [0, 0.05) is 6.04 Å². The summed E-state index contributed by atoms with van der Waals surface area (Å²) in [4.78, 5) is 0. The molecule has 0 aliphatic rings. The molecule has 2 nitrogen and oxygen atoms in total. The molecule has 0 radical (unpaired) electrons. The number of aryl methyl sites for hydroxylation is 2. The molecule has 1 aromatic carbocycles. The third-order valence-electron chi connectivity index (χ3n) is 4.11. The summed E-state index contributed by atoms with van der Waals surface area (Å²) in [6, 6.07) is 4.84. The highest BCUT2D eigenvalue weighted by atomic mass is 16.5. The third kappa shape index (κ3) is 5.35. The number of nitrogens with one attached hydrogen (secondary N) is 1. The molecular formula is C19H33NO. The molecule has 0 aliphatic heterocycles. The largest absolute Gasteiger partial charge is 0.496 e. The summed E-state index contributed by atoms with van der Waals surface area (Å²) in [6.07, 6.45) is 2.42. The van der Waals surface area contributed by atoms with E-state index in [1.54, 1.807) is 7.11 Å². The summed E-state index contributed by atoms with van der Waals surface area (Å²) in [5.74, 6) is 1.68. The first-order valence-corrected chi connectivity index (χ1v) is 8.00. The monoisotopic (exact) mass is 291 g/mol. The topological polar surface area (TPSA) is 21.3 Å². The van der Waals surface area contributed by atoms with E-state index in [9.17, 15) is 0 Å². The SMILES string of the molecule is CNC(CC(C)CC(C)(C)C)c1cc(C)c(OC)cc1C. The molecule has 0 spiro atoms. The van der Waals surface area contributed by atoms with Crippen LogP contribution in [-0.4, -0.2) is 14.2 Å². The number of hydrogen-bond donors (Lipinski definition) is 1. The van der Waals surface area contributed by atoms with Gasteiger partial charge in [0.2, 0.25) is 0 Å². The smallest absolute Gasteiger partial charge is 0.122 e. The van der Waals surface area contributed by atoms with Crippen molar-refractivity contribution in [1.82, 2.24) is 5.32 Å². The molecule has 0 aliphatic carbocycles. The van der Waals surface area contributed by atoms with Gasteiger partial charge in [-0.2, -0.15) is 0 Å². The van der Waals surface area contributed by atoms with Crippen LogP contribution in [0.4, 0.5) is 0 Å². The maximum atomic E-state index is 5.42. The van der Waals surface area contributed by atoms with E-state index in [1.807, 2.05) is 0 Å². The van der Waals surface area contributed by atoms with Gasteiger partial charge in [0.25, 0.3) is 0 Å². The first-order chi connectivity index (χ1) is 9.67. The maximum Gasteiger partial charge on any atom is 0.122 e. The van der Waals surface area contributed by atoms with Gasteiger partial charge in [-0.25, -0.2) is 0 Å². The Hall–Kier alpha value is -1.02. The zero-order valence-corrected chi connectivity index (χ0v) is 15.1. The Labute approximate surface area is 131 Å². The van der Waals surface area contributed by atoms with E-state index in [0.717, 1.165) is 5.75 Å². The zero-order valence-electron chi connectivity index (χ0n) is 15.1. The quantitative estimate of drug-likeness (QED) is 0.793. The van der Waals surface area contributed by atoms with Crippen LogP contribution in [0.5, 0.6) is 5.75 Å². The van der Waals surface area contributed by atoms with Crippen LogP contribution in [0, 0.1) is 25.2 Å². The number of rotatable bonds is 6. The number of ether oxygens (including phenoxy) is 1. The highest BCUT2D eigenvalue weighted by Gasteiger charge is 2.21. The summed E-state index contributed by atoms with van der Waals surface area (Å²) < 4.78 is 5.42. The van der Waals surface area contributed by atoms with Gasteiger partial charge in [0.1, 0.15) is 5.75 Å². The Morgan fingerprint density at radius 2 is 1.76 bits per heavy atom. The second kappa shape index (κ2) is 7.31. The summed E-state index contributed by atoms with van der Waals surface area (Å²) >= 11 is 0. The van der Waals surface area contributed by atoms with E-state index in [0.29, 0.717) is 17.4 Å². The van der Waals surface area contributed by atoms with Crippen LogP contribution in [-0.2, 0) is 0 Å². The van der Waals surface area contributed by atoms with E-state index in [1.165, 1.54) is 29.5 Å². The molecule has 0 aromatic heterocycles. The minimum atomic E-state index is 0.391. The van der Waals surface area contributed by atoms with Crippen molar-refractivity contribution in [3.8, 4) is 5.75 Å². The van der Waals surface area contributed by atoms with Crippen LogP contribution in [0.25, 0.3) is 0 Å². The molecule has 120 valence electrons. The van der Waals surface area contributed by atoms with Crippen molar-refractivity contribution in [1.29, 1.82) is 0 Å². The molecule has 1 N–H and O–H groups in total. The van der Waals surface area contributed by atoms with Crippen LogP contribution in [0.15, 0.2) is 12.1 Å². The van der Waals surface area contributed by atoms with E-state index >= 15 is 0 Å². The average molecular weight is 291 g/mol. The minimum Gasteiger partial charge on any atom is -0.496 e. The number of methoxy groups -OCH3 is 1. The molecule has 1 rings (SSSR count). The average Bonchev–Trinajstić information content (AvgIpc) is 2.36. The lowest BCUT2D eigenvalue weighted by atomic mass is 9.81. The van der Waals surface area contributed by atoms with Gasteiger partial charge in [0.05, 0.1) is 7.11 Å². The van der Waals surface area contributed by atoms with Crippen molar-refractivity contribution >= 4 is 0 Å². The van der Waals surface area contributed by atoms with Gasteiger partial charge >= 0.3 is 0 Å². The zero-order chi connectivity index (χ0) is 16.2. The predicted octanol–water partition coefficient (Wildman–Crippen LogP) is 5.03. The fourth-order valence-electron chi connectivity index (χ4n) is 3.34. The number of hydrogen-bond acceptors (Lipinski definition) is 2. The van der Waals surface area contributed by atoms with Crippen LogP contribution in [0.3, 0.4) is 0 Å². The molecule has 0 saturated carbocycles. The van der Waals surface area contributed by atoms with Gasteiger partial charge in [-0.1, -0.05) is 33.8 Å². The number of benzene rings is 1. The first-order valence-electron chi connectivity index (χ1n) is 8.00. The lowest BCUT2D eigenvalue weighted by Gasteiger charge is -2.28. The highest BCUT2D eigenvalue weighted by molar-refractivity contribution is 5.42. The van der Waals surface area contributed by atoms with Crippen LogP contribution in [0.1, 0.15) is 63.3 Å². The molecule has 0 bridgehead atoms. The Kier molecular flexibility index (Phi) is 6.27. The Bertz CT molecular complexity index is 459. The molecule has 2 heteroatoms. The molecule has 0 saturated heterocycles. The molecule has 2 unspecified atom stereocenters. The van der Waals surface area contributed by atoms with Gasteiger partial charge in [-0.05, 0) is 67.8 Å². The summed E-state index contributed by atoms with van der Waals surface area (Å²) in [7, 11) is 3.80. The van der Waals surface area contributed by atoms with Crippen LogP contribution < -0.4 is 10.1 Å². The Morgan fingerprint density at radius 3 is 2.24 bits per heavy atom. The molecule has 0 amide bonds. The first kappa shape index (κ1) is 18.0. The maximum absolute atomic E-state index is 5.42. The van der Waals surface area contributed by atoms with Crippen LogP contribution in [0.2, 0.25) is 0 Å². The normalized spacial score (nSPS) is 14.9. The van der Waals surface area contributed by atoms with Crippen molar-refractivity contribution in [3.05, 3.63) is 28.8 Å².